The Labute approximate surface area is 297 Å². The van der Waals surface area contributed by atoms with E-state index in [9.17, 15) is 14.7 Å². The van der Waals surface area contributed by atoms with Crippen LogP contribution in [0.5, 0.6) is 23.0 Å². The Morgan fingerprint density at radius 3 is 1.51 bits per heavy atom. The maximum atomic E-state index is 12.8. The van der Waals surface area contributed by atoms with Crippen LogP contribution in [0.25, 0.3) is 0 Å². The standard InChI is InChI=1S/C42H38Cl2O5/c1-41(2,33-11-21-38(22-12-33)49-36-17-7-31(8-18-36)40(46)30-5-13-34(43)14-6-30)32-9-19-37(20-10-32)48-35-15-3-28(4-16-35)27-39(45)29-23-25-42(44,47)26-24-29/h3-22,29,47H,23-27H2,1-2H3. The predicted octanol–water partition coefficient (Wildman–Crippen LogP) is 10.7. The molecule has 6 rings (SSSR count). The number of carbonyl (C=O) groups is 2. The van der Waals surface area contributed by atoms with Crippen molar-refractivity contribution in [3.63, 3.8) is 0 Å². The summed E-state index contributed by atoms with van der Waals surface area (Å²) < 4.78 is 12.2. The molecular weight excluding hydrogens is 655 g/mol. The fourth-order valence-electron chi connectivity index (χ4n) is 6.16. The van der Waals surface area contributed by atoms with Gasteiger partial charge in [0.15, 0.2) is 5.78 Å². The van der Waals surface area contributed by atoms with Crippen LogP contribution in [0, 0.1) is 5.92 Å². The second-order valence-electron chi connectivity index (χ2n) is 13.2. The van der Waals surface area contributed by atoms with E-state index in [-0.39, 0.29) is 22.9 Å². The lowest BCUT2D eigenvalue weighted by Gasteiger charge is -2.30. The van der Waals surface area contributed by atoms with Crippen LogP contribution in [0.2, 0.25) is 5.02 Å². The second-order valence-corrected chi connectivity index (χ2v) is 14.4. The van der Waals surface area contributed by atoms with Gasteiger partial charge in [-0.1, -0.05) is 73.4 Å². The first-order valence-corrected chi connectivity index (χ1v) is 17.2. The van der Waals surface area contributed by atoms with E-state index in [0.29, 0.717) is 65.5 Å². The van der Waals surface area contributed by atoms with Gasteiger partial charge in [-0.15, -0.1) is 0 Å². The van der Waals surface area contributed by atoms with Gasteiger partial charge in [-0.2, -0.15) is 0 Å². The van der Waals surface area contributed by atoms with Crippen molar-refractivity contribution in [2.75, 3.05) is 0 Å². The number of benzene rings is 5. The zero-order valence-electron chi connectivity index (χ0n) is 27.5. The van der Waals surface area contributed by atoms with Gasteiger partial charge < -0.3 is 14.6 Å². The molecule has 5 nitrogen and oxygen atoms in total. The van der Waals surface area contributed by atoms with Crippen LogP contribution in [0.1, 0.15) is 72.1 Å². The van der Waals surface area contributed by atoms with E-state index in [1.807, 2.05) is 48.5 Å². The number of hydrogen-bond donors (Lipinski definition) is 1. The van der Waals surface area contributed by atoms with Crippen LogP contribution in [-0.2, 0) is 16.6 Å². The largest absolute Gasteiger partial charge is 0.457 e. The average molecular weight is 694 g/mol. The molecule has 49 heavy (non-hydrogen) atoms. The summed E-state index contributed by atoms with van der Waals surface area (Å²) in [7, 11) is 0. The molecule has 0 aliphatic heterocycles. The number of rotatable bonds is 11. The van der Waals surface area contributed by atoms with Gasteiger partial charge in [0.2, 0.25) is 0 Å². The van der Waals surface area contributed by atoms with Crippen molar-refractivity contribution in [1.29, 1.82) is 0 Å². The molecule has 1 N–H and O–H groups in total. The maximum Gasteiger partial charge on any atom is 0.193 e. The van der Waals surface area contributed by atoms with E-state index in [1.165, 1.54) is 0 Å². The second kappa shape index (κ2) is 14.6. The number of aliphatic hydroxyl groups is 1. The van der Waals surface area contributed by atoms with Crippen LogP contribution in [0.3, 0.4) is 0 Å². The van der Waals surface area contributed by atoms with Crippen molar-refractivity contribution in [2.45, 2.75) is 56.4 Å². The first-order valence-electron chi connectivity index (χ1n) is 16.5. The third-order valence-electron chi connectivity index (χ3n) is 9.36. The molecular formula is C42H38Cl2O5. The van der Waals surface area contributed by atoms with Gasteiger partial charge in [-0.05, 0) is 127 Å². The maximum absolute atomic E-state index is 12.8. The highest BCUT2D eigenvalue weighted by Gasteiger charge is 2.33. The van der Waals surface area contributed by atoms with E-state index in [2.05, 4.69) is 38.1 Å². The average Bonchev–Trinajstić information content (AvgIpc) is 3.10. The van der Waals surface area contributed by atoms with Crippen molar-refractivity contribution in [1.82, 2.24) is 0 Å². The summed E-state index contributed by atoms with van der Waals surface area (Å²) in [5, 5.41) is 9.37. The lowest BCUT2D eigenvalue weighted by atomic mass is 9.78. The molecule has 0 aromatic heterocycles. The van der Waals surface area contributed by atoms with E-state index < -0.39 is 5.06 Å². The fraction of sp³-hybridized carbons (Fsp3) is 0.238. The lowest BCUT2D eigenvalue weighted by molar-refractivity contribution is -0.124. The number of hydrogen-bond acceptors (Lipinski definition) is 5. The third-order valence-corrected chi connectivity index (χ3v) is 9.99. The molecule has 0 bridgehead atoms. The predicted molar refractivity (Wildman–Crippen MR) is 194 cm³/mol. The molecule has 5 aromatic rings. The van der Waals surface area contributed by atoms with Gasteiger partial charge in [-0.3, -0.25) is 9.59 Å². The van der Waals surface area contributed by atoms with Crippen molar-refractivity contribution >= 4 is 34.8 Å². The van der Waals surface area contributed by atoms with Crippen molar-refractivity contribution in [3.8, 4) is 23.0 Å². The summed E-state index contributed by atoms with van der Waals surface area (Å²) in [6, 6.07) is 37.7. The summed E-state index contributed by atoms with van der Waals surface area (Å²) >= 11 is 12.0. The summed E-state index contributed by atoms with van der Waals surface area (Å²) in [5.74, 6) is 2.84. The quantitative estimate of drug-likeness (QED) is 0.110. The van der Waals surface area contributed by atoms with Gasteiger partial charge in [0.1, 0.15) is 33.8 Å². The molecule has 0 atom stereocenters. The molecule has 0 unspecified atom stereocenters. The molecule has 0 radical (unpaired) electrons. The van der Waals surface area contributed by atoms with Crippen molar-refractivity contribution < 1.29 is 24.2 Å². The first kappa shape index (κ1) is 34.4. The molecule has 1 saturated carbocycles. The van der Waals surface area contributed by atoms with Gasteiger partial charge in [0, 0.05) is 33.9 Å². The van der Waals surface area contributed by atoms with E-state index in [1.54, 1.807) is 48.5 Å². The lowest BCUT2D eigenvalue weighted by Crippen LogP contribution is -2.31. The Bertz CT molecular complexity index is 1890. The Morgan fingerprint density at radius 1 is 0.673 bits per heavy atom. The number of carbonyl (C=O) groups excluding carboxylic acids is 2. The minimum atomic E-state index is -1.16. The minimum absolute atomic E-state index is 0.0478. The monoisotopic (exact) mass is 692 g/mol. The van der Waals surface area contributed by atoms with E-state index in [0.717, 1.165) is 22.4 Å². The van der Waals surface area contributed by atoms with Gasteiger partial charge in [0.25, 0.3) is 0 Å². The summed E-state index contributed by atoms with van der Waals surface area (Å²) in [6.07, 6.45) is 2.51. The molecule has 7 heteroatoms. The van der Waals surface area contributed by atoms with Gasteiger partial charge in [-0.25, -0.2) is 0 Å². The third kappa shape index (κ3) is 8.60. The minimum Gasteiger partial charge on any atom is -0.457 e. The SMILES string of the molecule is CC(C)(c1ccc(Oc2ccc(CC(=O)C3CCC(O)(Cl)CC3)cc2)cc1)c1ccc(Oc2ccc(C(=O)c3ccc(Cl)cc3)cc2)cc1. The molecule has 1 fully saturated rings. The van der Waals surface area contributed by atoms with Gasteiger partial charge in [0.05, 0.1) is 0 Å². The van der Waals surface area contributed by atoms with Crippen LogP contribution >= 0.6 is 23.2 Å². The Balaban J connectivity index is 1.02. The van der Waals surface area contributed by atoms with E-state index in [4.69, 9.17) is 32.7 Å². The molecule has 0 amide bonds. The Morgan fingerprint density at radius 2 is 1.06 bits per heavy atom. The first-order chi connectivity index (χ1) is 23.4. The zero-order chi connectivity index (χ0) is 34.6. The fourth-order valence-corrected chi connectivity index (χ4v) is 6.51. The summed E-state index contributed by atoms with van der Waals surface area (Å²) in [5.41, 5.74) is 4.10. The van der Waals surface area contributed by atoms with Gasteiger partial charge >= 0.3 is 0 Å². The summed E-state index contributed by atoms with van der Waals surface area (Å²) in [4.78, 5) is 25.5. The van der Waals surface area contributed by atoms with Crippen LogP contribution in [0.4, 0.5) is 0 Å². The van der Waals surface area contributed by atoms with E-state index >= 15 is 0 Å². The smallest absolute Gasteiger partial charge is 0.193 e. The van der Waals surface area contributed by atoms with Crippen LogP contribution < -0.4 is 9.47 Å². The number of ether oxygens (including phenoxy) is 2. The highest BCUT2D eigenvalue weighted by atomic mass is 35.5. The normalized spacial score (nSPS) is 17.7. The number of alkyl halides is 1. The Kier molecular flexibility index (Phi) is 10.3. The van der Waals surface area contributed by atoms with Crippen LogP contribution in [0.15, 0.2) is 121 Å². The highest BCUT2D eigenvalue weighted by molar-refractivity contribution is 6.30. The molecule has 250 valence electrons. The molecule has 1 aliphatic carbocycles. The number of halogens is 2. The topological polar surface area (TPSA) is 72.8 Å². The summed E-state index contributed by atoms with van der Waals surface area (Å²) in [6.45, 7) is 4.36. The number of ketones is 2. The molecule has 5 aromatic carbocycles. The highest BCUT2D eigenvalue weighted by Crippen LogP contribution is 2.37. The molecule has 0 spiro atoms. The molecule has 1 aliphatic rings. The Hall–Kier alpha value is -4.42. The number of Topliss-reactive ketones (excluding diaryl/α,β-unsaturated/α-hetero) is 1. The van der Waals surface area contributed by atoms with Crippen molar-refractivity contribution in [3.05, 3.63) is 154 Å². The molecule has 0 heterocycles. The van der Waals surface area contributed by atoms with Crippen LogP contribution in [-0.4, -0.2) is 21.7 Å². The molecule has 0 saturated heterocycles. The zero-order valence-corrected chi connectivity index (χ0v) is 29.0. The van der Waals surface area contributed by atoms with Crippen molar-refractivity contribution in [2.24, 2.45) is 5.92 Å².